The number of hydrogen-bond acceptors (Lipinski definition) is 7. The Balaban J connectivity index is 1.23. The molecule has 9 atom stereocenters. The molecular formula is C39H46F3NO6S2. The minimum Gasteiger partial charge on any atom is -0.393 e. The Bertz CT molecular complexity index is 1890. The van der Waals surface area contributed by atoms with Gasteiger partial charge in [-0.3, -0.25) is 4.79 Å². The first-order valence-corrected chi connectivity index (χ1v) is 20.5. The molecule has 2 spiro atoms. The van der Waals surface area contributed by atoms with Gasteiger partial charge in [-0.1, -0.05) is 50.3 Å². The minimum absolute atomic E-state index is 0.0371. The number of benzene rings is 1. The number of hydrogen-bond donors (Lipinski definition) is 2. The molecule has 2 aromatic rings. The van der Waals surface area contributed by atoms with Gasteiger partial charge in [0.15, 0.2) is 5.78 Å². The van der Waals surface area contributed by atoms with Crippen molar-refractivity contribution in [2.24, 2.45) is 33.5 Å². The lowest BCUT2D eigenvalue weighted by molar-refractivity contribution is -0.174. The van der Waals surface area contributed by atoms with Crippen LogP contribution in [0.3, 0.4) is 0 Å². The van der Waals surface area contributed by atoms with Crippen LogP contribution in [0.25, 0.3) is 0 Å². The quantitative estimate of drug-likeness (QED) is 0.216. The van der Waals surface area contributed by atoms with Crippen molar-refractivity contribution in [2.75, 3.05) is 19.7 Å². The number of halogens is 3. The molecular weight excluding hydrogens is 700 g/mol. The van der Waals surface area contributed by atoms with Crippen molar-refractivity contribution < 1.29 is 41.3 Å². The summed E-state index contributed by atoms with van der Waals surface area (Å²) in [4.78, 5) is 14.8. The summed E-state index contributed by atoms with van der Waals surface area (Å²) in [5.41, 5.74) is -4.62. The van der Waals surface area contributed by atoms with Crippen molar-refractivity contribution >= 4 is 27.1 Å². The average molecular weight is 746 g/mol. The van der Waals surface area contributed by atoms with Gasteiger partial charge in [0, 0.05) is 47.1 Å². The number of alkyl halides is 3. The maximum atomic E-state index is 14.8. The number of nitrogens with zero attached hydrogens (tertiary/aromatic N) is 1. The highest BCUT2D eigenvalue weighted by Crippen LogP contribution is 2.78. The Morgan fingerprint density at radius 2 is 1.76 bits per heavy atom. The van der Waals surface area contributed by atoms with E-state index in [2.05, 4.69) is 19.1 Å². The summed E-state index contributed by atoms with van der Waals surface area (Å²) in [7, 11) is -3.96. The zero-order chi connectivity index (χ0) is 36.2. The summed E-state index contributed by atoms with van der Waals surface area (Å²) < 4.78 is 77.4. The average Bonchev–Trinajstić information content (AvgIpc) is 3.86. The van der Waals surface area contributed by atoms with Crippen LogP contribution >= 0.6 is 11.3 Å². The third kappa shape index (κ3) is 5.09. The smallest absolute Gasteiger partial charge is 0.393 e. The third-order valence-corrected chi connectivity index (χ3v) is 17.6. The van der Waals surface area contributed by atoms with Crippen LogP contribution in [0, 0.1) is 33.5 Å². The Morgan fingerprint density at radius 1 is 1.02 bits per heavy atom. The second kappa shape index (κ2) is 11.8. The highest BCUT2D eigenvalue weighted by molar-refractivity contribution is 7.91. The molecule has 7 aliphatic rings. The number of aliphatic hydroxyl groups excluding tert-OH is 1. The Hall–Kier alpha value is -2.35. The Morgan fingerprint density at radius 3 is 2.47 bits per heavy atom. The lowest BCUT2D eigenvalue weighted by Gasteiger charge is -2.71. The van der Waals surface area contributed by atoms with Crippen molar-refractivity contribution in [2.45, 2.75) is 99.8 Å². The van der Waals surface area contributed by atoms with E-state index >= 15 is 0 Å². The number of rotatable bonds is 8. The summed E-state index contributed by atoms with van der Waals surface area (Å²) in [6.07, 6.45) is 6.16. The second-order valence-electron chi connectivity index (χ2n) is 16.6. The van der Waals surface area contributed by atoms with E-state index in [0.717, 1.165) is 42.7 Å². The van der Waals surface area contributed by atoms with Crippen LogP contribution in [0.15, 0.2) is 69.8 Å². The molecule has 4 fully saturated rings. The fraction of sp³-hybridized carbons (Fsp3) is 0.615. The molecule has 1 saturated heterocycles. The van der Waals surface area contributed by atoms with Gasteiger partial charge in [0.1, 0.15) is 4.21 Å². The molecule has 1 aliphatic heterocycles. The number of ketones is 1. The second-order valence-corrected chi connectivity index (χ2v) is 19.7. The largest absolute Gasteiger partial charge is 0.416 e. The van der Waals surface area contributed by atoms with Gasteiger partial charge in [-0.15, -0.1) is 11.3 Å². The minimum atomic E-state index is -4.62. The predicted molar refractivity (Wildman–Crippen MR) is 186 cm³/mol. The number of fused-ring (bicyclic) bond motifs is 1. The topological polar surface area (TPSA) is 104 Å². The number of thiophene rings is 1. The van der Waals surface area contributed by atoms with E-state index in [1.807, 2.05) is 13.0 Å². The molecule has 1 unspecified atom stereocenters. The number of sulfonamides is 1. The normalized spacial score (nSPS) is 40.2. The van der Waals surface area contributed by atoms with Gasteiger partial charge < -0.3 is 14.9 Å². The van der Waals surface area contributed by atoms with Gasteiger partial charge in [-0.2, -0.15) is 17.5 Å². The molecule has 0 radical (unpaired) electrons. The standard InChI is InChI=1S/C39H46F3NO6S2/c1-34-13-10-27(44)21-36(34)16-17-38(29(22-36)33(45)25-6-3-7-26(20-25)39(40,41)42)30(34)11-14-35(2)31(38)12-15-37(35,46)24-43(23-28-8-4-18-49-28)51(47,48)32-9-5-19-50-32/h3,5-7,9,16-17,19-20,22,27-28,30-31,44,46H,4,8,10-15,18,21,23-24H2,1-2H3/t27?,28-,30-,31-,34-,35+,36+,37-,38-/m1/s1. The van der Waals surface area contributed by atoms with Crippen LogP contribution in [0.2, 0.25) is 0 Å². The summed E-state index contributed by atoms with van der Waals surface area (Å²) in [6.45, 7) is 4.83. The highest BCUT2D eigenvalue weighted by Gasteiger charge is 2.74. The van der Waals surface area contributed by atoms with Gasteiger partial charge in [-0.05, 0) is 98.6 Å². The van der Waals surface area contributed by atoms with Crippen LogP contribution in [0.1, 0.15) is 87.6 Å². The maximum absolute atomic E-state index is 14.8. The molecule has 276 valence electrons. The van der Waals surface area contributed by atoms with Gasteiger partial charge in [0.2, 0.25) is 0 Å². The number of carbonyl (C=O) groups excluding carboxylic acids is 1. The molecule has 9 rings (SSSR count). The molecule has 1 aromatic carbocycles. The SMILES string of the molecule is C[C@]12CC[C@H]3[C@]4(C=C[C@@]5(C=C4C(=O)c4cccc(C(F)(F)F)c4)CC(O)CC[C@]35C)[C@@H]1CC[C@@]2(O)CN(C[C@H]1CCCO1)S(=O)(=O)c1cccs1. The zero-order valence-corrected chi connectivity index (χ0v) is 30.6. The number of aliphatic hydroxyl groups is 2. The maximum Gasteiger partial charge on any atom is 0.416 e. The van der Waals surface area contributed by atoms with E-state index in [1.54, 1.807) is 17.5 Å². The van der Waals surface area contributed by atoms with E-state index in [1.165, 1.54) is 16.4 Å². The molecule has 2 N–H and O–H groups in total. The molecule has 3 saturated carbocycles. The molecule has 51 heavy (non-hydrogen) atoms. The first-order valence-electron chi connectivity index (χ1n) is 18.2. The van der Waals surface area contributed by atoms with E-state index in [4.69, 9.17) is 4.74 Å². The lowest BCUT2D eigenvalue weighted by Crippen LogP contribution is -2.67. The van der Waals surface area contributed by atoms with Crippen LogP contribution in [-0.4, -0.2) is 66.2 Å². The van der Waals surface area contributed by atoms with Crippen LogP contribution in [0.4, 0.5) is 13.2 Å². The Labute approximate surface area is 301 Å². The van der Waals surface area contributed by atoms with Crippen LogP contribution in [-0.2, 0) is 20.9 Å². The van der Waals surface area contributed by atoms with Crippen molar-refractivity contribution in [3.63, 3.8) is 0 Å². The van der Waals surface area contributed by atoms with Crippen LogP contribution < -0.4 is 0 Å². The molecule has 0 amide bonds. The molecule has 7 nitrogen and oxygen atoms in total. The highest BCUT2D eigenvalue weighted by atomic mass is 32.2. The Kier molecular flexibility index (Phi) is 8.27. The van der Waals surface area contributed by atoms with E-state index in [0.29, 0.717) is 50.7 Å². The predicted octanol–water partition coefficient (Wildman–Crippen LogP) is 7.41. The first kappa shape index (κ1) is 35.7. The zero-order valence-electron chi connectivity index (χ0n) is 29.0. The van der Waals surface area contributed by atoms with Crippen molar-refractivity contribution in [1.29, 1.82) is 0 Å². The van der Waals surface area contributed by atoms with Crippen molar-refractivity contribution in [3.05, 3.63) is 76.7 Å². The molecule has 2 heterocycles. The molecule has 6 aliphatic carbocycles. The van der Waals surface area contributed by atoms with Crippen molar-refractivity contribution in [3.8, 4) is 0 Å². The molecule has 1 aromatic heterocycles. The van der Waals surface area contributed by atoms with Gasteiger partial charge in [0.25, 0.3) is 10.0 Å². The summed E-state index contributed by atoms with van der Waals surface area (Å²) >= 11 is 1.14. The van der Waals surface area contributed by atoms with Gasteiger partial charge >= 0.3 is 6.18 Å². The van der Waals surface area contributed by atoms with Crippen LogP contribution in [0.5, 0.6) is 0 Å². The van der Waals surface area contributed by atoms with E-state index in [9.17, 15) is 36.6 Å². The third-order valence-electron chi connectivity index (χ3n) is 14.4. The van der Waals surface area contributed by atoms with Gasteiger partial charge in [0.05, 0.1) is 23.4 Å². The van der Waals surface area contributed by atoms with E-state index in [-0.39, 0.29) is 46.2 Å². The van der Waals surface area contributed by atoms with Gasteiger partial charge in [-0.25, -0.2) is 8.42 Å². The first-order chi connectivity index (χ1) is 24.0. The number of Topliss-reactive ketones (excluding diaryl/α,β-unsaturated/α-hetero) is 1. The number of ether oxygens (including phenoxy) is 1. The number of allylic oxidation sites excluding steroid dienone is 4. The van der Waals surface area contributed by atoms with E-state index < -0.39 is 55.5 Å². The number of carbonyl (C=O) groups is 1. The summed E-state index contributed by atoms with van der Waals surface area (Å²) in [5.74, 6) is -0.811. The summed E-state index contributed by atoms with van der Waals surface area (Å²) in [5, 5.41) is 25.6. The van der Waals surface area contributed by atoms with Crippen molar-refractivity contribution in [1.82, 2.24) is 4.31 Å². The fourth-order valence-electron chi connectivity index (χ4n) is 11.7. The monoisotopic (exact) mass is 745 g/mol. The summed E-state index contributed by atoms with van der Waals surface area (Å²) in [6, 6.07) is 7.88. The fourth-order valence-corrected chi connectivity index (χ4v) is 14.4. The lowest BCUT2D eigenvalue weighted by atomic mass is 9.32. The molecule has 2 bridgehead atoms. The molecule has 12 heteroatoms.